The predicted octanol–water partition coefficient (Wildman–Crippen LogP) is -4.86. The van der Waals surface area contributed by atoms with Crippen LogP contribution in [0.15, 0.2) is 21.5 Å². The Morgan fingerprint density at radius 1 is 0.812 bits per heavy atom. The molecule has 3 rings (SSSR count). The van der Waals surface area contributed by atoms with Crippen molar-refractivity contribution in [1.82, 2.24) is 0 Å². The molecule has 0 amide bonds. The number of hydrogen-bond acceptors (Lipinski definition) is 14. The lowest BCUT2D eigenvalue weighted by Gasteiger charge is -2.41. The van der Waals surface area contributed by atoms with E-state index in [4.69, 9.17) is 23.4 Å². The quantitative estimate of drug-likeness (QED) is 0.188. The van der Waals surface area contributed by atoms with Crippen LogP contribution >= 0.6 is 0 Å². The lowest BCUT2D eigenvalue weighted by molar-refractivity contribution is -0.297. The van der Waals surface area contributed by atoms with E-state index in [2.05, 4.69) is 0 Å². The van der Waals surface area contributed by atoms with E-state index in [-0.39, 0.29) is 5.76 Å². The summed E-state index contributed by atoms with van der Waals surface area (Å²) in [7, 11) is 0. The van der Waals surface area contributed by atoms with Gasteiger partial charge in [0, 0.05) is 6.07 Å². The van der Waals surface area contributed by atoms with Gasteiger partial charge in [-0.25, -0.2) is 0 Å². The fourth-order valence-electron chi connectivity index (χ4n) is 3.31. The maximum atomic E-state index is 12.0. The van der Waals surface area contributed by atoms with Crippen molar-refractivity contribution in [3.05, 3.63) is 28.3 Å². The first-order valence-corrected chi connectivity index (χ1v) is 9.69. The molecule has 2 aliphatic heterocycles. The summed E-state index contributed by atoms with van der Waals surface area (Å²) in [6, 6.07) is 1.00. The summed E-state index contributed by atoms with van der Waals surface area (Å²) in [5.41, 5.74) is -0.688. The molecule has 0 aliphatic carbocycles. The first-order chi connectivity index (χ1) is 15.1. The van der Waals surface area contributed by atoms with Gasteiger partial charge in [-0.15, -0.1) is 0 Å². The zero-order valence-corrected chi connectivity index (χ0v) is 16.6. The third-order valence-electron chi connectivity index (χ3n) is 5.20. The third-order valence-corrected chi connectivity index (χ3v) is 5.20. The van der Waals surface area contributed by atoms with E-state index in [0.717, 1.165) is 12.3 Å². The summed E-state index contributed by atoms with van der Waals surface area (Å²) < 4.78 is 25.9. The van der Waals surface area contributed by atoms with E-state index in [9.17, 15) is 45.6 Å². The summed E-state index contributed by atoms with van der Waals surface area (Å²) in [5.74, 6) is -0.702. The minimum absolute atomic E-state index is 0.246. The number of aliphatic hydroxyl groups is 8. The average Bonchev–Trinajstić information content (AvgIpc) is 2.78. The first kappa shape index (κ1) is 24.9. The highest BCUT2D eigenvalue weighted by Gasteiger charge is 2.46. The van der Waals surface area contributed by atoms with Gasteiger partial charge < -0.3 is 64.2 Å². The van der Waals surface area contributed by atoms with Gasteiger partial charge in [0.2, 0.25) is 17.5 Å². The van der Waals surface area contributed by atoms with Crippen LogP contribution in [0, 0.1) is 0 Å². The van der Waals surface area contributed by atoms with Gasteiger partial charge in [-0.05, 0) is 0 Å². The van der Waals surface area contributed by atoms with Crippen molar-refractivity contribution in [3.8, 4) is 5.75 Å². The molecule has 0 saturated carbocycles. The second kappa shape index (κ2) is 10.5. The van der Waals surface area contributed by atoms with Crippen LogP contribution in [0.5, 0.6) is 5.75 Å². The summed E-state index contributed by atoms with van der Waals surface area (Å²) >= 11 is 0. The molecular weight excluding hydrogens is 440 g/mol. The molecule has 10 atom stereocenters. The van der Waals surface area contributed by atoms with Crippen molar-refractivity contribution >= 4 is 0 Å². The third kappa shape index (κ3) is 5.11. The van der Waals surface area contributed by atoms with Gasteiger partial charge in [0.25, 0.3) is 0 Å². The highest BCUT2D eigenvalue weighted by atomic mass is 16.7. The number of hydrogen-bond donors (Lipinski definition) is 8. The molecule has 1 aromatic heterocycles. The lowest BCUT2D eigenvalue weighted by atomic mass is 9.98. The fraction of sp³-hybridized carbons (Fsp3) is 0.722. The smallest absolute Gasteiger partial charge is 0.229 e. The van der Waals surface area contributed by atoms with Gasteiger partial charge in [0.05, 0.1) is 19.5 Å². The van der Waals surface area contributed by atoms with Gasteiger partial charge in [0.15, 0.2) is 12.1 Å². The molecule has 182 valence electrons. The van der Waals surface area contributed by atoms with E-state index in [1.807, 2.05) is 0 Å². The second-order valence-corrected chi connectivity index (χ2v) is 7.40. The molecule has 1 aromatic rings. The summed E-state index contributed by atoms with van der Waals surface area (Å²) in [4.78, 5) is 12.0. The Balaban J connectivity index is 1.63. The Bertz CT molecular complexity index is 800. The highest BCUT2D eigenvalue weighted by molar-refractivity contribution is 5.24. The van der Waals surface area contributed by atoms with Crippen molar-refractivity contribution in [2.45, 2.75) is 68.0 Å². The Morgan fingerprint density at radius 2 is 1.41 bits per heavy atom. The molecule has 14 heteroatoms. The number of rotatable bonds is 7. The van der Waals surface area contributed by atoms with Crippen molar-refractivity contribution < 1.29 is 64.2 Å². The van der Waals surface area contributed by atoms with Crippen LogP contribution in [0.25, 0.3) is 0 Å². The van der Waals surface area contributed by atoms with Gasteiger partial charge in [-0.1, -0.05) is 0 Å². The van der Waals surface area contributed by atoms with E-state index < -0.39 is 92.4 Å². The van der Waals surface area contributed by atoms with Gasteiger partial charge >= 0.3 is 0 Å². The monoisotopic (exact) mass is 466 g/mol. The molecule has 10 unspecified atom stereocenters. The van der Waals surface area contributed by atoms with E-state index in [1.54, 1.807) is 0 Å². The standard InChI is InChI=1S/C18H26O14/c19-3-7-16(6(20)1-2-29-7)32-18-15(26)13(24)11(22)9(31-18)5-28-4-8-10(21)12(23)14(25)17(27)30-8/h1-2,8-15,17-19,21-27H,3-5H2. The molecule has 2 saturated heterocycles. The zero-order valence-electron chi connectivity index (χ0n) is 16.6. The molecule has 32 heavy (non-hydrogen) atoms. The summed E-state index contributed by atoms with van der Waals surface area (Å²) in [5, 5.41) is 78.4. The van der Waals surface area contributed by atoms with Crippen LogP contribution in [0.4, 0.5) is 0 Å². The largest absolute Gasteiger partial charge is 0.463 e. The molecule has 2 aliphatic rings. The van der Waals surface area contributed by atoms with Crippen LogP contribution in [-0.2, 0) is 20.8 Å². The lowest BCUT2D eigenvalue weighted by Crippen LogP contribution is -2.61. The maximum Gasteiger partial charge on any atom is 0.229 e. The van der Waals surface area contributed by atoms with Crippen molar-refractivity contribution in [2.75, 3.05) is 13.2 Å². The van der Waals surface area contributed by atoms with Crippen LogP contribution in [-0.4, -0.2) is 115 Å². The molecule has 2 fully saturated rings. The summed E-state index contributed by atoms with van der Waals surface area (Å²) in [6.07, 6.45) is -15.0. The van der Waals surface area contributed by atoms with Gasteiger partial charge in [-0.2, -0.15) is 0 Å². The normalized spacial score (nSPS) is 40.2. The Morgan fingerprint density at radius 3 is 2.03 bits per heavy atom. The van der Waals surface area contributed by atoms with Gasteiger partial charge in [-0.3, -0.25) is 4.79 Å². The van der Waals surface area contributed by atoms with E-state index >= 15 is 0 Å². The average molecular weight is 466 g/mol. The number of ether oxygens (including phenoxy) is 4. The molecule has 0 spiro atoms. The van der Waals surface area contributed by atoms with Crippen LogP contribution in [0.1, 0.15) is 5.76 Å². The molecule has 0 radical (unpaired) electrons. The zero-order chi connectivity index (χ0) is 23.6. The Hall–Kier alpha value is -1.69. The van der Waals surface area contributed by atoms with E-state index in [0.29, 0.717) is 0 Å². The van der Waals surface area contributed by atoms with Crippen molar-refractivity contribution in [2.24, 2.45) is 0 Å². The topological polar surface area (TPSA) is 229 Å². The SMILES string of the molecule is O=c1ccoc(CO)c1OC1OC(COCC2OC(O)C(O)C(O)C2O)C(O)C(O)C1O. The number of aliphatic hydroxyl groups excluding tert-OH is 8. The molecule has 0 aromatic carbocycles. The first-order valence-electron chi connectivity index (χ1n) is 9.69. The predicted molar refractivity (Wildman–Crippen MR) is 97.9 cm³/mol. The molecule has 0 bridgehead atoms. The Labute approximate surface area is 180 Å². The minimum atomic E-state index is -1.78. The summed E-state index contributed by atoms with van der Waals surface area (Å²) in [6.45, 7) is -1.53. The molecule has 8 N–H and O–H groups in total. The van der Waals surface area contributed by atoms with Crippen LogP contribution in [0.2, 0.25) is 0 Å². The van der Waals surface area contributed by atoms with E-state index in [1.165, 1.54) is 0 Å². The second-order valence-electron chi connectivity index (χ2n) is 7.40. The molecular formula is C18H26O14. The van der Waals surface area contributed by atoms with Gasteiger partial charge in [0.1, 0.15) is 55.4 Å². The molecule has 14 nitrogen and oxygen atoms in total. The van der Waals surface area contributed by atoms with Crippen molar-refractivity contribution in [3.63, 3.8) is 0 Å². The Kier molecular flexibility index (Phi) is 8.18. The highest BCUT2D eigenvalue weighted by Crippen LogP contribution is 2.26. The molecule has 3 heterocycles. The minimum Gasteiger partial charge on any atom is -0.463 e. The fourth-order valence-corrected chi connectivity index (χ4v) is 3.31. The van der Waals surface area contributed by atoms with Crippen LogP contribution < -0.4 is 10.2 Å². The van der Waals surface area contributed by atoms with Crippen molar-refractivity contribution in [1.29, 1.82) is 0 Å². The van der Waals surface area contributed by atoms with Crippen LogP contribution in [0.3, 0.4) is 0 Å². The maximum absolute atomic E-state index is 12.0.